The molecule has 29 heavy (non-hydrogen) atoms. The van der Waals surface area contributed by atoms with Crippen LogP contribution in [0.1, 0.15) is 15.9 Å². The molecule has 2 aromatic carbocycles. The Morgan fingerprint density at radius 2 is 1.86 bits per heavy atom. The Morgan fingerprint density at radius 3 is 2.62 bits per heavy atom. The molecule has 0 unspecified atom stereocenters. The number of imide groups is 1. The number of ether oxygens (including phenoxy) is 1. The van der Waals surface area contributed by atoms with Gasteiger partial charge in [0.1, 0.15) is 11.8 Å². The largest absolute Gasteiger partial charge is 0.496 e. The first-order chi connectivity index (χ1) is 14.0. The number of methoxy groups -OCH3 is 1. The number of anilines is 1. The zero-order valence-corrected chi connectivity index (χ0v) is 17.0. The predicted molar refractivity (Wildman–Crippen MR) is 111 cm³/mol. The second-order valence-electron chi connectivity index (χ2n) is 7.38. The van der Waals surface area contributed by atoms with Gasteiger partial charge in [0.15, 0.2) is 5.78 Å². The van der Waals surface area contributed by atoms with Crippen molar-refractivity contribution in [3.8, 4) is 5.75 Å². The van der Waals surface area contributed by atoms with Crippen LogP contribution in [0.3, 0.4) is 0 Å². The van der Waals surface area contributed by atoms with Gasteiger partial charge in [0.05, 0.1) is 29.5 Å². The van der Waals surface area contributed by atoms with E-state index in [1.807, 2.05) is 41.3 Å². The van der Waals surface area contributed by atoms with Crippen molar-refractivity contribution in [3.05, 3.63) is 64.1 Å². The van der Waals surface area contributed by atoms with E-state index >= 15 is 0 Å². The summed E-state index contributed by atoms with van der Waals surface area (Å²) in [6, 6.07) is 11.7. The second kappa shape index (κ2) is 6.56. The summed E-state index contributed by atoms with van der Waals surface area (Å²) in [5.41, 5.74) is 2.28. The summed E-state index contributed by atoms with van der Waals surface area (Å²) >= 11 is 3.42. The number of fused-ring (bicyclic) bond motifs is 5. The summed E-state index contributed by atoms with van der Waals surface area (Å²) in [6.07, 6.45) is 3.88. The van der Waals surface area contributed by atoms with Crippen LogP contribution in [-0.4, -0.2) is 36.8 Å². The molecule has 5 rings (SSSR count). The third-order valence-corrected chi connectivity index (χ3v) is 6.58. The molecule has 2 saturated heterocycles. The molecule has 7 heteroatoms. The topological polar surface area (TPSA) is 75.7 Å². The minimum atomic E-state index is -0.761. The molecule has 146 valence electrons. The van der Waals surface area contributed by atoms with Crippen molar-refractivity contribution in [1.82, 2.24) is 5.32 Å². The van der Waals surface area contributed by atoms with Crippen LogP contribution in [0.25, 0.3) is 6.08 Å². The van der Waals surface area contributed by atoms with Crippen LogP contribution in [0.5, 0.6) is 5.75 Å². The van der Waals surface area contributed by atoms with Crippen molar-refractivity contribution in [2.75, 3.05) is 12.0 Å². The van der Waals surface area contributed by atoms with Gasteiger partial charge >= 0.3 is 0 Å². The first-order valence-electron chi connectivity index (χ1n) is 9.29. The number of amides is 2. The Kier molecular flexibility index (Phi) is 4.10. The Bertz CT molecular complexity index is 1100. The summed E-state index contributed by atoms with van der Waals surface area (Å²) in [5.74, 6) is -1.58. The van der Waals surface area contributed by atoms with Gasteiger partial charge in [-0.1, -0.05) is 30.4 Å². The van der Waals surface area contributed by atoms with Gasteiger partial charge in [0.25, 0.3) is 0 Å². The number of carbonyl (C=O) groups is 3. The van der Waals surface area contributed by atoms with Crippen molar-refractivity contribution in [3.63, 3.8) is 0 Å². The Morgan fingerprint density at radius 1 is 1.10 bits per heavy atom. The number of benzene rings is 2. The summed E-state index contributed by atoms with van der Waals surface area (Å²) in [4.78, 5) is 40.8. The number of nitrogens with zero attached hydrogens (tertiary/aromatic N) is 1. The average molecular weight is 453 g/mol. The van der Waals surface area contributed by atoms with E-state index in [9.17, 15) is 14.4 Å². The highest BCUT2D eigenvalue weighted by Crippen LogP contribution is 2.47. The highest BCUT2D eigenvalue weighted by molar-refractivity contribution is 9.10. The normalized spacial score (nSPS) is 26.6. The lowest BCUT2D eigenvalue weighted by atomic mass is 9.86. The predicted octanol–water partition coefficient (Wildman–Crippen LogP) is 2.81. The first-order valence-corrected chi connectivity index (χ1v) is 10.1. The highest BCUT2D eigenvalue weighted by atomic mass is 79.9. The van der Waals surface area contributed by atoms with E-state index in [1.165, 1.54) is 0 Å². The van der Waals surface area contributed by atoms with Crippen LogP contribution in [0.15, 0.2) is 53.0 Å². The molecule has 3 heterocycles. The van der Waals surface area contributed by atoms with Gasteiger partial charge in [-0.15, -0.1) is 0 Å². The molecular formula is C22H17BrN2O4. The minimum Gasteiger partial charge on any atom is -0.496 e. The zero-order valence-electron chi connectivity index (χ0n) is 15.5. The van der Waals surface area contributed by atoms with Crippen LogP contribution < -0.4 is 15.0 Å². The molecule has 0 aliphatic carbocycles. The maximum absolute atomic E-state index is 13.6. The fourth-order valence-electron chi connectivity index (χ4n) is 4.72. The van der Waals surface area contributed by atoms with Gasteiger partial charge in [0.2, 0.25) is 11.8 Å². The van der Waals surface area contributed by atoms with Crippen molar-refractivity contribution < 1.29 is 19.1 Å². The Hall–Kier alpha value is -2.93. The third kappa shape index (κ3) is 2.57. The maximum atomic E-state index is 13.6. The summed E-state index contributed by atoms with van der Waals surface area (Å²) in [7, 11) is 1.55. The maximum Gasteiger partial charge on any atom is 0.233 e. The average Bonchev–Trinajstić information content (AvgIpc) is 3.22. The number of ketones is 1. The first kappa shape index (κ1) is 18.1. The van der Waals surface area contributed by atoms with E-state index in [2.05, 4.69) is 21.2 Å². The quantitative estimate of drug-likeness (QED) is 0.572. The zero-order chi connectivity index (χ0) is 20.3. The number of hydrogen-bond donors (Lipinski definition) is 1. The van der Waals surface area contributed by atoms with E-state index in [0.29, 0.717) is 15.8 Å². The van der Waals surface area contributed by atoms with Crippen molar-refractivity contribution in [2.45, 2.75) is 12.1 Å². The van der Waals surface area contributed by atoms with Gasteiger partial charge in [0, 0.05) is 11.3 Å². The monoisotopic (exact) mass is 452 g/mol. The molecule has 0 radical (unpaired) electrons. The SMILES string of the molecule is COc1ccc(C(=O)[C@@H]2[C@H]3C(=O)NC(=O)[C@H]3[C@@H]3C=Cc4ccccc4N23)cc1Br. The number of nitrogens with one attached hydrogen (secondary N) is 1. The standard InChI is InChI=1S/C22H17BrN2O4/c1-29-16-9-7-12(10-13(16)23)20(26)19-18-17(21(27)24-22(18)28)15-8-6-11-4-2-3-5-14(11)25(15)19/h2-10,15,17-19H,1H3,(H,24,27,28)/t15-,17-,18-,19-/m0/s1. The molecule has 1 N–H and O–H groups in total. The van der Waals surface area contributed by atoms with Crippen molar-refractivity contribution in [1.29, 1.82) is 0 Å². The number of Topliss-reactive ketones (excluding diaryl/α,β-unsaturated/α-hetero) is 1. The molecule has 0 saturated carbocycles. The highest BCUT2D eigenvalue weighted by Gasteiger charge is 2.61. The van der Waals surface area contributed by atoms with Gasteiger partial charge < -0.3 is 9.64 Å². The van der Waals surface area contributed by atoms with E-state index < -0.39 is 17.9 Å². The second-order valence-corrected chi connectivity index (χ2v) is 8.23. The Balaban J connectivity index is 1.64. The summed E-state index contributed by atoms with van der Waals surface area (Å²) in [6.45, 7) is 0. The van der Waals surface area contributed by atoms with Gasteiger partial charge in [-0.25, -0.2) is 0 Å². The molecule has 3 aliphatic rings. The van der Waals surface area contributed by atoms with Gasteiger partial charge in [-0.2, -0.15) is 0 Å². The molecule has 2 aromatic rings. The van der Waals surface area contributed by atoms with Crippen molar-refractivity contribution >= 4 is 45.3 Å². The van der Waals surface area contributed by atoms with Gasteiger partial charge in [-0.05, 0) is 45.8 Å². The summed E-state index contributed by atoms with van der Waals surface area (Å²) in [5, 5.41) is 2.42. The van der Waals surface area contributed by atoms with Crippen LogP contribution in [-0.2, 0) is 9.59 Å². The number of halogens is 1. The third-order valence-electron chi connectivity index (χ3n) is 5.96. The van der Waals surface area contributed by atoms with Crippen LogP contribution in [0.4, 0.5) is 5.69 Å². The molecule has 0 aromatic heterocycles. The fourth-order valence-corrected chi connectivity index (χ4v) is 5.26. The number of rotatable bonds is 3. The molecule has 6 nitrogen and oxygen atoms in total. The van der Waals surface area contributed by atoms with Crippen LogP contribution in [0.2, 0.25) is 0 Å². The summed E-state index contributed by atoms with van der Waals surface area (Å²) < 4.78 is 5.91. The van der Waals surface area contributed by atoms with Crippen molar-refractivity contribution in [2.24, 2.45) is 11.8 Å². The lowest BCUT2D eigenvalue weighted by Gasteiger charge is -2.35. The molecule has 0 spiro atoms. The van der Waals surface area contributed by atoms with E-state index in [4.69, 9.17) is 4.74 Å². The van der Waals surface area contributed by atoms with Crippen LogP contribution >= 0.6 is 15.9 Å². The van der Waals surface area contributed by atoms with E-state index in [-0.39, 0.29) is 23.6 Å². The number of para-hydroxylation sites is 1. The van der Waals surface area contributed by atoms with Gasteiger partial charge in [-0.3, -0.25) is 19.7 Å². The lowest BCUT2D eigenvalue weighted by Crippen LogP contribution is -2.47. The molecular weight excluding hydrogens is 436 g/mol. The minimum absolute atomic E-state index is 0.194. The number of hydrogen-bond acceptors (Lipinski definition) is 5. The molecule has 2 amide bonds. The van der Waals surface area contributed by atoms with E-state index in [1.54, 1.807) is 25.3 Å². The molecule has 4 atom stereocenters. The smallest absolute Gasteiger partial charge is 0.233 e. The molecule has 2 fully saturated rings. The van der Waals surface area contributed by atoms with Crippen LogP contribution in [0, 0.1) is 11.8 Å². The fraction of sp³-hybridized carbons (Fsp3) is 0.227. The lowest BCUT2D eigenvalue weighted by molar-refractivity contribution is -0.126. The van der Waals surface area contributed by atoms with E-state index in [0.717, 1.165) is 11.3 Å². The molecule has 3 aliphatic heterocycles. The Labute approximate surface area is 175 Å². The molecule has 0 bridgehead atoms. The number of carbonyl (C=O) groups excluding carboxylic acids is 3.